The van der Waals surface area contributed by atoms with Gasteiger partial charge < -0.3 is 26.8 Å². The third-order valence-corrected chi connectivity index (χ3v) is 3.76. The number of amides is 4. The van der Waals surface area contributed by atoms with Gasteiger partial charge >= 0.3 is 5.97 Å². The molecule has 0 radical (unpaired) electrons. The Kier molecular flexibility index (Phi) is 10.8. The Morgan fingerprint density at radius 2 is 1.21 bits per heavy atom. The molecule has 6 N–H and O–H groups in total. The van der Waals surface area contributed by atoms with Gasteiger partial charge in [0.15, 0.2) is 0 Å². The normalized spacial score (nSPS) is 14.1. The second-order valence-electron chi connectivity index (χ2n) is 7.64. The van der Waals surface area contributed by atoms with Crippen molar-refractivity contribution in [2.45, 2.75) is 72.0 Å². The van der Waals surface area contributed by atoms with Crippen LogP contribution in [0.1, 0.15) is 53.9 Å². The summed E-state index contributed by atoms with van der Waals surface area (Å²) in [5.74, 6) is -3.88. The quantitative estimate of drug-likeness (QED) is 0.296. The van der Waals surface area contributed by atoms with Crippen LogP contribution >= 0.6 is 0 Å². The van der Waals surface area contributed by atoms with Crippen LogP contribution in [0.4, 0.5) is 0 Å². The van der Waals surface area contributed by atoms with E-state index in [2.05, 4.69) is 16.0 Å². The molecule has 0 aromatic rings. The summed E-state index contributed by atoms with van der Waals surface area (Å²) in [4.78, 5) is 59.0. The fraction of sp³-hybridized carbons (Fsp3) is 0.722. The van der Waals surface area contributed by atoms with Crippen LogP contribution in [0.5, 0.6) is 0 Å². The number of hydrogen-bond donors (Lipinski definition) is 5. The lowest BCUT2D eigenvalue weighted by atomic mass is 10.0. The summed E-state index contributed by atoms with van der Waals surface area (Å²) in [6.45, 7) is 8.58. The van der Waals surface area contributed by atoms with E-state index in [-0.39, 0.29) is 18.3 Å². The number of rotatable bonds is 12. The Balaban J connectivity index is 5.34. The van der Waals surface area contributed by atoms with E-state index in [4.69, 9.17) is 5.73 Å². The number of carbonyl (C=O) groups is 5. The minimum Gasteiger partial charge on any atom is -0.480 e. The summed E-state index contributed by atoms with van der Waals surface area (Å²) < 4.78 is 0. The molecule has 160 valence electrons. The van der Waals surface area contributed by atoms with Crippen LogP contribution in [-0.4, -0.2) is 52.8 Å². The van der Waals surface area contributed by atoms with E-state index in [0.29, 0.717) is 6.42 Å². The van der Waals surface area contributed by atoms with Crippen LogP contribution < -0.4 is 21.7 Å². The average Bonchev–Trinajstić information content (AvgIpc) is 2.50. The van der Waals surface area contributed by atoms with Crippen LogP contribution in [0.3, 0.4) is 0 Å². The van der Waals surface area contributed by atoms with Crippen molar-refractivity contribution in [2.24, 2.45) is 17.6 Å². The van der Waals surface area contributed by atoms with Gasteiger partial charge in [0.25, 0.3) is 0 Å². The van der Waals surface area contributed by atoms with Gasteiger partial charge in [-0.25, -0.2) is 4.79 Å². The Labute approximate surface area is 165 Å². The first-order chi connectivity index (χ1) is 12.8. The second-order valence-corrected chi connectivity index (χ2v) is 7.64. The maximum atomic E-state index is 12.5. The molecule has 0 bridgehead atoms. The van der Waals surface area contributed by atoms with Crippen molar-refractivity contribution in [3.05, 3.63) is 0 Å². The van der Waals surface area contributed by atoms with Crippen molar-refractivity contribution in [1.29, 1.82) is 0 Å². The number of nitrogens with one attached hydrogen (secondary N) is 3. The molecule has 28 heavy (non-hydrogen) atoms. The van der Waals surface area contributed by atoms with Crippen molar-refractivity contribution in [2.75, 3.05) is 0 Å². The summed E-state index contributed by atoms with van der Waals surface area (Å²) in [6.07, 6.45) is 0.00165. The molecule has 0 aliphatic heterocycles. The van der Waals surface area contributed by atoms with Crippen molar-refractivity contribution < 1.29 is 29.1 Å². The second kappa shape index (κ2) is 11.9. The van der Waals surface area contributed by atoms with Crippen molar-refractivity contribution in [1.82, 2.24) is 16.0 Å². The zero-order valence-electron chi connectivity index (χ0n) is 17.1. The fourth-order valence-corrected chi connectivity index (χ4v) is 2.60. The molecule has 0 fully saturated rings. The summed E-state index contributed by atoms with van der Waals surface area (Å²) in [5.41, 5.74) is 5.16. The molecule has 0 aliphatic carbocycles. The van der Waals surface area contributed by atoms with Gasteiger partial charge in [-0.2, -0.15) is 0 Å². The molecular formula is C18H32N4O6. The van der Waals surface area contributed by atoms with Crippen LogP contribution in [0.25, 0.3) is 0 Å². The Bertz CT molecular complexity index is 591. The maximum absolute atomic E-state index is 12.5. The largest absolute Gasteiger partial charge is 0.480 e. The van der Waals surface area contributed by atoms with Crippen LogP contribution in [0.15, 0.2) is 0 Å². The Morgan fingerprint density at radius 1 is 0.786 bits per heavy atom. The molecule has 0 spiro atoms. The summed E-state index contributed by atoms with van der Waals surface area (Å²) in [6, 6.07) is -3.41. The molecule has 0 saturated heterocycles. The number of nitrogens with two attached hydrogens (primary N) is 1. The third kappa shape index (κ3) is 10.5. The molecule has 0 saturated carbocycles. The smallest absolute Gasteiger partial charge is 0.326 e. The highest BCUT2D eigenvalue weighted by molar-refractivity contribution is 5.95. The molecule has 0 rings (SSSR count). The minimum atomic E-state index is -1.34. The molecule has 0 aliphatic rings. The number of carbonyl (C=O) groups excluding carboxylic acids is 4. The molecular weight excluding hydrogens is 368 g/mol. The van der Waals surface area contributed by atoms with Crippen LogP contribution in [-0.2, 0) is 24.0 Å². The summed E-state index contributed by atoms with van der Waals surface area (Å²) in [7, 11) is 0. The topological polar surface area (TPSA) is 168 Å². The lowest BCUT2D eigenvalue weighted by Crippen LogP contribution is -2.56. The number of hydrogen-bond acceptors (Lipinski definition) is 5. The van der Waals surface area contributed by atoms with E-state index < -0.39 is 54.1 Å². The van der Waals surface area contributed by atoms with E-state index in [9.17, 15) is 29.1 Å². The van der Waals surface area contributed by atoms with E-state index in [1.54, 1.807) is 13.8 Å². The van der Waals surface area contributed by atoms with E-state index in [1.807, 2.05) is 13.8 Å². The first kappa shape index (κ1) is 25.4. The molecule has 0 unspecified atom stereocenters. The van der Waals surface area contributed by atoms with Gasteiger partial charge in [-0.3, -0.25) is 19.2 Å². The third-order valence-electron chi connectivity index (χ3n) is 3.76. The van der Waals surface area contributed by atoms with Gasteiger partial charge in [0.1, 0.15) is 18.1 Å². The molecule has 0 heterocycles. The van der Waals surface area contributed by atoms with E-state index >= 15 is 0 Å². The SMILES string of the molecule is CC(=O)N[C@@H](CC(C)C)C(=O)N[C@@H](CC(N)=O)C(=O)N[C@@H](CC(C)C)C(=O)O. The Morgan fingerprint density at radius 3 is 1.61 bits per heavy atom. The van der Waals surface area contributed by atoms with Gasteiger partial charge in [0, 0.05) is 6.92 Å². The number of carboxylic acids is 1. The van der Waals surface area contributed by atoms with Gasteiger partial charge in [0.05, 0.1) is 6.42 Å². The van der Waals surface area contributed by atoms with Gasteiger partial charge in [0.2, 0.25) is 23.6 Å². The van der Waals surface area contributed by atoms with Crippen LogP contribution in [0.2, 0.25) is 0 Å². The zero-order valence-corrected chi connectivity index (χ0v) is 17.1. The molecule has 0 aromatic heterocycles. The van der Waals surface area contributed by atoms with Crippen LogP contribution in [0, 0.1) is 11.8 Å². The summed E-state index contributed by atoms with van der Waals surface area (Å²) >= 11 is 0. The molecule has 0 aromatic carbocycles. The predicted octanol–water partition coefficient (Wildman–Crippen LogP) is -0.487. The predicted molar refractivity (Wildman–Crippen MR) is 102 cm³/mol. The lowest BCUT2D eigenvalue weighted by Gasteiger charge is -2.24. The highest BCUT2D eigenvalue weighted by Crippen LogP contribution is 2.08. The van der Waals surface area contributed by atoms with Gasteiger partial charge in [-0.1, -0.05) is 27.7 Å². The highest BCUT2D eigenvalue weighted by atomic mass is 16.4. The molecule has 10 nitrogen and oxygen atoms in total. The van der Waals surface area contributed by atoms with Crippen molar-refractivity contribution >= 4 is 29.6 Å². The minimum absolute atomic E-state index is 0.000713. The van der Waals surface area contributed by atoms with Gasteiger partial charge in [-0.15, -0.1) is 0 Å². The first-order valence-electron chi connectivity index (χ1n) is 9.22. The standard InChI is InChI=1S/C18H32N4O6/c1-9(2)6-12(20-11(5)23)16(25)21-13(8-15(19)24)17(26)22-14(18(27)28)7-10(3)4/h9-10,12-14H,6-8H2,1-5H3,(H2,19,24)(H,20,23)(H,21,25)(H,22,26)(H,27,28)/t12-,13-,14-/m0/s1. The average molecular weight is 400 g/mol. The van der Waals surface area contributed by atoms with Gasteiger partial charge in [-0.05, 0) is 24.7 Å². The van der Waals surface area contributed by atoms with Crippen molar-refractivity contribution in [3.8, 4) is 0 Å². The molecule has 3 atom stereocenters. The highest BCUT2D eigenvalue weighted by Gasteiger charge is 2.30. The Hall–Kier alpha value is -2.65. The van der Waals surface area contributed by atoms with E-state index in [0.717, 1.165) is 0 Å². The lowest BCUT2D eigenvalue weighted by molar-refractivity contribution is -0.143. The van der Waals surface area contributed by atoms with E-state index in [1.165, 1.54) is 6.92 Å². The zero-order chi connectivity index (χ0) is 22.0. The summed E-state index contributed by atoms with van der Waals surface area (Å²) in [5, 5.41) is 16.5. The molecule has 10 heteroatoms. The molecule has 4 amide bonds. The maximum Gasteiger partial charge on any atom is 0.326 e. The number of aliphatic carboxylic acids is 1. The number of primary amides is 1. The van der Waals surface area contributed by atoms with Crippen molar-refractivity contribution in [3.63, 3.8) is 0 Å². The monoisotopic (exact) mass is 400 g/mol. The first-order valence-corrected chi connectivity index (χ1v) is 9.22. The number of carboxylic acid groups (broad SMARTS) is 1. The fourth-order valence-electron chi connectivity index (χ4n) is 2.60.